The van der Waals surface area contributed by atoms with Gasteiger partial charge in [-0.2, -0.15) is 0 Å². The summed E-state index contributed by atoms with van der Waals surface area (Å²) in [6.45, 7) is 21.0. The third-order valence-corrected chi connectivity index (χ3v) is 5.69. The van der Waals surface area contributed by atoms with Gasteiger partial charge >= 0.3 is 6.09 Å². The van der Waals surface area contributed by atoms with Gasteiger partial charge in [-0.3, -0.25) is 4.90 Å². The van der Waals surface area contributed by atoms with Gasteiger partial charge in [0.05, 0.1) is 5.54 Å². The molecule has 152 valence electrons. The highest BCUT2D eigenvalue weighted by Crippen LogP contribution is 2.26. The predicted octanol–water partition coefficient (Wildman–Crippen LogP) is 2.39. The van der Waals surface area contributed by atoms with Crippen molar-refractivity contribution in [3.05, 3.63) is 0 Å². The van der Waals surface area contributed by atoms with Gasteiger partial charge in [-0.05, 0) is 54.0 Å². The normalized spacial score (nSPS) is 23.2. The number of likely N-dealkylation sites (tertiary alicyclic amines) is 1. The zero-order chi connectivity index (χ0) is 19.4. The van der Waals surface area contributed by atoms with Crippen LogP contribution in [-0.4, -0.2) is 90.3 Å². The van der Waals surface area contributed by atoms with Crippen LogP contribution in [0.4, 0.5) is 4.79 Å². The molecule has 1 amide bonds. The molecule has 0 atom stereocenters. The van der Waals surface area contributed by atoms with E-state index in [1.807, 2.05) is 20.8 Å². The number of amides is 1. The van der Waals surface area contributed by atoms with E-state index in [0.29, 0.717) is 6.04 Å². The molecule has 2 aliphatic rings. The topological polar surface area (TPSA) is 48.1 Å². The van der Waals surface area contributed by atoms with E-state index in [1.54, 1.807) is 0 Å². The van der Waals surface area contributed by atoms with Crippen LogP contribution in [0.15, 0.2) is 0 Å². The molecule has 2 aliphatic heterocycles. The minimum atomic E-state index is -0.462. The zero-order valence-corrected chi connectivity index (χ0v) is 17.8. The van der Waals surface area contributed by atoms with Crippen molar-refractivity contribution in [2.45, 2.75) is 71.6 Å². The van der Waals surface area contributed by atoms with Crippen LogP contribution in [0.5, 0.6) is 0 Å². The van der Waals surface area contributed by atoms with E-state index in [-0.39, 0.29) is 11.6 Å². The van der Waals surface area contributed by atoms with Crippen LogP contribution in [0.25, 0.3) is 0 Å². The Balaban J connectivity index is 2.01. The molecular weight excluding hydrogens is 328 g/mol. The van der Waals surface area contributed by atoms with Gasteiger partial charge in [0.15, 0.2) is 0 Å². The number of nitrogens with zero attached hydrogens (tertiary/aromatic N) is 3. The van der Waals surface area contributed by atoms with Crippen molar-refractivity contribution in [3.8, 4) is 0 Å². The summed E-state index contributed by atoms with van der Waals surface area (Å²) in [4.78, 5) is 20.0. The van der Waals surface area contributed by atoms with Gasteiger partial charge in [-0.1, -0.05) is 6.92 Å². The first-order chi connectivity index (χ1) is 12.1. The summed E-state index contributed by atoms with van der Waals surface area (Å²) in [6, 6.07) is 0.558. The van der Waals surface area contributed by atoms with Gasteiger partial charge in [-0.25, -0.2) is 4.79 Å². The summed E-state index contributed by atoms with van der Waals surface area (Å²) < 4.78 is 5.57. The molecule has 0 aromatic carbocycles. The third-order valence-electron chi connectivity index (χ3n) is 5.69. The molecule has 6 heteroatoms. The molecule has 0 aromatic rings. The largest absolute Gasteiger partial charge is 0.444 e. The number of hydrogen-bond acceptors (Lipinski definition) is 5. The molecule has 0 radical (unpaired) electrons. The molecular formula is C20H40N4O2. The summed E-state index contributed by atoms with van der Waals surface area (Å²) >= 11 is 0. The molecule has 26 heavy (non-hydrogen) atoms. The molecule has 0 bridgehead atoms. The van der Waals surface area contributed by atoms with Crippen LogP contribution >= 0.6 is 0 Å². The minimum absolute atomic E-state index is 0.178. The number of likely N-dealkylation sites (N-methyl/N-ethyl adjacent to an activating group) is 1. The average molecular weight is 369 g/mol. The van der Waals surface area contributed by atoms with E-state index in [0.717, 1.165) is 65.2 Å². The Morgan fingerprint density at radius 2 is 1.58 bits per heavy atom. The first-order valence-electron chi connectivity index (χ1n) is 10.3. The Labute approximate surface area is 160 Å². The fraction of sp³-hybridized carbons (Fsp3) is 0.950. The summed E-state index contributed by atoms with van der Waals surface area (Å²) in [6.07, 6.45) is 1.69. The molecule has 0 spiro atoms. The monoisotopic (exact) mass is 368 g/mol. The van der Waals surface area contributed by atoms with Crippen molar-refractivity contribution < 1.29 is 9.53 Å². The van der Waals surface area contributed by atoms with Gasteiger partial charge in [-0.15, -0.1) is 0 Å². The number of piperazine rings is 1. The maximum absolute atomic E-state index is 12.5. The summed E-state index contributed by atoms with van der Waals surface area (Å²) in [7, 11) is 0. The molecule has 2 fully saturated rings. The highest BCUT2D eigenvalue weighted by molar-refractivity contribution is 5.69. The number of piperidine rings is 1. The lowest BCUT2D eigenvalue weighted by Gasteiger charge is -2.47. The van der Waals surface area contributed by atoms with Crippen molar-refractivity contribution >= 4 is 6.09 Å². The van der Waals surface area contributed by atoms with E-state index in [1.165, 1.54) is 0 Å². The molecule has 0 unspecified atom stereocenters. The maximum Gasteiger partial charge on any atom is 0.408 e. The first kappa shape index (κ1) is 21.5. The molecule has 2 saturated heterocycles. The second kappa shape index (κ2) is 8.89. The highest BCUT2D eigenvalue weighted by Gasteiger charge is 2.39. The number of ether oxygens (including phenoxy) is 1. The Bertz CT molecular complexity index is 445. The lowest BCUT2D eigenvalue weighted by Crippen LogP contribution is -2.63. The van der Waals surface area contributed by atoms with E-state index < -0.39 is 5.60 Å². The number of hydrogen-bond donors (Lipinski definition) is 1. The Kier molecular flexibility index (Phi) is 7.34. The summed E-state index contributed by atoms with van der Waals surface area (Å²) in [5.41, 5.74) is -0.640. The van der Waals surface area contributed by atoms with E-state index >= 15 is 0 Å². The van der Waals surface area contributed by atoms with Crippen LogP contribution in [0.3, 0.4) is 0 Å². The van der Waals surface area contributed by atoms with Gasteiger partial charge in [0.2, 0.25) is 0 Å². The molecule has 1 N–H and O–H groups in total. The van der Waals surface area contributed by atoms with E-state index in [2.05, 4.69) is 40.8 Å². The van der Waals surface area contributed by atoms with Gasteiger partial charge in [0.1, 0.15) is 5.60 Å². The Hall–Kier alpha value is -0.850. The molecule has 0 saturated carbocycles. The first-order valence-corrected chi connectivity index (χ1v) is 10.3. The maximum atomic E-state index is 12.5. The van der Waals surface area contributed by atoms with Crippen LogP contribution in [0.2, 0.25) is 0 Å². The van der Waals surface area contributed by atoms with Gasteiger partial charge < -0.3 is 19.9 Å². The van der Waals surface area contributed by atoms with Crippen LogP contribution in [0, 0.1) is 0 Å². The smallest absolute Gasteiger partial charge is 0.408 e. The number of alkyl carbamates (subject to hydrolysis) is 1. The molecule has 0 aromatic heterocycles. The third kappa shape index (κ3) is 6.39. The SMILES string of the molecule is CCN1CCN(CC2(NC(=O)OC(C)(C)C)CCN(C(C)C)CC2)CC1. The Morgan fingerprint density at radius 3 is 2.04 bits per heavy atom. The summed E-state index contributed by atoms with van der Waals surface area (Å²) in [5, 5.41) is 3.28. The van der Waals surface area contributed by atoms with Crippen molar-refractivity contribution in [1.82, 2.24) is 20.0 Å². The summed E-state index contributed by atoms with van der Waals surface area (Å²) in [5.74, 6) is 0. The quantitative estimate of drug-likeness (QED) is 0.807. The van der Waals surface area contributed by atoms with Crippen LogP contribution in [-0.2, 0) is 4.74 Å². The fourth-order valence-corrected chi connectivity index (χ4v) is 4.00. The van der Waals surface area contributed by atoms with E-state index in [9.17, 15) is 4.79 Å². The van der Waals surface area contributed by atoms with Crippen LogP contribution in [0.1, 0.15) is 54.4 Å². The average Bonchev–Trinajstić information content (AvgIpc) is 2.54. The van der Waals surface area contributed by atoms with Gasteiger partial charge in [0.25, 0.3) is 0 Å². The lowest BCUT2D eigenvalue weighted by molar-refractivity contribution is 0.0241. The van der Waals surface area contributed by atoms with Crippen molar-refractivity contribution in [2.24, 2.45) is 0 Å². The zero-order valence-electron chi connectivity index (χ0n) is 17.8. The second-order valence-electron chi connectivity index (χ2n) is 9.25. The Morgan fingerprint density at radius 1 is 1.04 bits per heavy atom. The number of carbonyl (C=O) groups excluding carboxylic acids is 1. The van der Waals surface area contributed by atoms with Crippen LogP contribution < -0.4 is 5.32 Å². The van der Waals surface area contributed by atoms with Crippen molar-refractivity contribution in [1.29, 1.82) is 0 Å². The minimum Gasteiger partial charge on any atom is -0.444 e. The van der Waals surface area contributed by atoms with Gasteiger partial charge in [0, 0.05) is 51.9 Å². The standard InChI is InChI=1S/C20H40N4O2/c1-7-22-12-14-23(15-13-22)16-20(21-18(25)26-19(4,5)6)8-10-24(11-9-20)17(2)3/h17H,7-16H2,1-6H3,(H,21,25). The fourth-order valence-electron chi connectivity index (χ4n) is 4.00. The number of nitrogens with one attached hydrogen (secondary N) is 1. The molecule has 6 nitrogen and oxygen atoms in total. The van der Waals surface area contributed by atoms with Crippen molar-refractivity contribution in [3.63, 3.8) is 0 Å². The second-order valence-corrected chi connectivity index (χ2v) is 9.25. The lowest BCUT2D eigenvalue weighted by atomic mass is 9.86. The predicted molar refractivity (Wildman–Crippen MR) is 107 cm³/mol. The highest BCUT2D eigenvalue weighted by atomic mass is 16.6. The molecule has 2 heterocycles. The number of rotatable bonds is 5. The number of carbonyl (C=O) groups is 1. The van der Waals surface area contributed by atoms with E-state index in [4.69, 9.17) is 4.74 Å². The molecule has 0 aliphatic carbocycles. The van der Waals surface area contributed by atoms with Crippen molar-refractivity contribution in [2.75, 3.05) is 52.4 Å². The molecule has 2 rings (SSSR count).